The van der Waals surface area contributed by atoms with Crippen molar-refractivity contribution >= 4 is 0 Å². The van der Waals surface area contributed by atoms with Gasteiger partial charge in [-0.05, 0) is 26.2 Å². The Morgan fingerprint density at radius 2 is 1.00 bits per heavy atom. The molecule has 1 unspecified atom stereocenters. The van der Waals surface area contributed by atoms with E-state index in [1.807, 2.05) is 0 Å². The molecule has 5 heteroatoms. The molecule has 0 aromatic heterocycles. The summed E-state index contributed by atoms with van der Waals surface area (Å²) in [7, 11) is 0. The molecule has 0 aliphatic heterocycles. The summed E-state index contributed by atoms with van der Waals surface area (Å²) < 4.78 is 69.0. The summed E-state index contributed by atoms with van der Waals surface area (Å²) in [5.74, 6) is -9.04. The molecule has 0 saturated heterocycles. The van der Waals surface area contributed by atoms with Gasteiger partial charge in [-0.25, -0.2) is 4.39 Å². The molecule has 0 aromatic carbocycles. The second-order valence-corrected chi connectivity index (χ2v) is 4.97. The zero-order valence-electron chi connectivity index (χ0n) is 11.0. The predicted molar refractivity (Wildman–Crippen MR) is 58.4 cm³/mol. The van der Waals surface area contributed by atoms with Crippen LogP contribution in [-0.4, -0.2) is 17.5 Å². The zero-order chi connectivity index (χ0) is 14.1. The number of alkyl halides is 5. The van der Waals surface area contributed by atoms with E-state index in [0.29, 0.717) is 6.92 Å². The van der Waals surface area contributed by atoms with E-state index in [-0.39, 0.29) is 12.8 Å². The Bertz CT molecular complexity index is 254. The predicted octanol–water partition coefficient (Wildman–Crippen LogP) is 5.22. The summed E-state index contributed by atoms with van der Waals surface area (Å²) in [5.41, 5.74) is -5.11. The van der Waals surface area contributed by atoms with Gasteiger partial charge in [-0.3, -0.25) is 0 Å². The van der Waals surface area contributed by atoms with Gasteiger partial charge in [-0.1, -0.05) is 27.7 Å². The third kappa shape index (κ3) is 2.29. The minimum atomic E-state index is -4.67. The first-order chi connectivity index (χ1) is 7.43. The molecule has 17 heavy (non-hydrogen) atoms. The average molecular weight is 260 g/mol. The molecule has 0 fully saturated rings. The molecule has 0 bridgehead atoms. The summed E-state index contributed by atoms with van der Waals surface area (Å²) in [6, 6.07) is 0. The molecule has 0 aliphatic carbocycles. The molecule has 1 atom stereocenters. The van der Waals surface area contributed by atoms with E-state index in [0.717, 1.165) is 13.8 Å². The Kier molecular flexibility index (Phi) is 4.63. The van der Waals surface area contributed by atoms with Crippen LogP contribution in [0.25, 0.3) is 0 Å². The van der Waals surface area contributed by atoms with Crippen LogP contribution in [0, 0.1) is 5.41 Å². The number of hydrogen-bond acceptors (Lipinski definition) is 0. The van der Waals surface area contributed by atoms with E-state index in [2.05, 4.69) is 0 Å². The van der Waals surface area contributed by atoms with Crippen LogP contribution in [0.4, 0.5) is 22.0 Å². The molecule has 0 aliphatic rings. The van der Waals surface area contributed by atoms with Crippen molar-refractivity contribution in [2.75, 3.05) is 0 Å². The minimum absolute atomic E-state index is 0.133. The molecule has 0 radical (unpaired) electrons. The van der Waals surface area contributed by atoms with Crippen molar-refractivity contribution in [1.82, 2.24) is 0 Å². The highest BCUT2D eigenvalue weighted by Crippen LogP contribution is 2.56. The van der Waals surface area contributed by atoms with Gasteiger partial charge < -0.3 is 0 Å². The lowest BCUT2D eigenvalue weighted by molar-refractivity contribution is -0.311. The Morgan fingerprint density at radius 1 is 0.647 bits per heavy atom. The van der Waals surface area contributed by atoms with Gasteiger partial charge >= 0.3 is 11.8 Å². The average Bonchev–Trinajstić information content (AvgIpc) is 2.26. The summed E-state index contributed by atoms with van der Waals surface area (Å²) >= 11 is 0. The van der Waals surface area contributed by atoms with Crippen LogP contribution in [0.15, 0.2) is 0 Å². The van der Waals surface area contributed by atoms with Gasteiger partial charge in [0.25, 0.3) is 0 Å². The van der Waals surface area contributed by atoms with Crippen LogP contribution in [0.1, 0.15) is 53.9 Å². The first kappa shape index (κ1) is 16.6. The van der Waals surface area contributed by atoms with Crippen molar-refractivity contribution in [1.29, 1.82) is 0 Å². The van der Waals surface area contributed by atoms with Crippen molar-refractivity contribution in [3.05, 3.63) is 0 Å². The first-order valence-corrected chi connectivity index (χ1v) is 5.88. The quantitative estimate of drug-likeness (QED) is 0.574. The lowest BCUT2D eigenvalue weighted by Gasteiger charge is -2.44. The van der Waals surface area contributed by atoms with Gasteiger partial charge in [0.15, 0.2) is 5.67 Å². The molecule has 0 rings (SSSR count). The molecular formula is C12H21F5. The molecule has 0 nitrogen and oxygen atoms in total. The van der Waals surface area contributed by atoms with Crippen LogP contribution in [-0.2, 0) is 0 Å². The SMILES string of the molecule is CCC(C)(F)C(F)(F)C(F)(F)C(C)(CC)CC. The fraction of sp³-hybridized carbons (Fsp3) is 1.00. The van der Waals surface area contributed by atoms with E-state index in [4.69, 9.17) is 0 Å². The van der Waals surface area contributed by atoms with E-state index in [9.17, 15) is 22.0 Å². The van der Waals surface area contributed by atoms with E-state index >= 15 is 0 Å². The molecule has 0 N–H and O–H groups in total. The Balaban J connectivity index is 5.59. The molecular weight excluding hydrogens is 239 g/mol. The largest absolute Gasteiger partial charge is 0.343 e. The zero-order valence-corrected chi connectivity index (χ0v) is 11.0. The molecule has 0 heterocycles. The first-order valence-electron chi connectivity index (χ1n) is 5.88. The fourth-order valence-corrected chi connectivity index (χ4v) is 1.62. The van der Waals surface area contributed by atoms with Crippen LogP contribution >= 0.6 is 0 Å². The summed E-state index contributed by atoms with van der Waals surface area (Å²) in [4.78, 5) is 0. The minimum Gasteiger partial charge on any atom is -0.237 e. The van der Waals surface area contributed by atoms with Crippen LogP contribution in [0.3, 0.4) is 0 Å². The summed E-state index contributed by atoms with van der Waals surface area (Å²) in [5, 5.41) is 0. The molecule has 0 amide bonds. The fourth-order valence-electron chi connectivity index (χ4n) is 1.62. The molecule has 104 valence electrons. The third-order valence-corrected chi connectivity index (χ3v) is 4.03. The smallest absolute Gasteiger partial charge is 0.237 e. The van der Waals surface area contributed by atoms with Gasteiger partial charge in [0, 0.05) is 5.41 Å². The van der Waals surface area contributed by atoms with Gasteiger partial charge in [0.1, 0.15) is 0 Å². The number of hydrogen-bond donors (Lipinski definition) is 0. The molecule has 0 spiro atoms. The maximum absolute atomic E-state index is 13.9. The van der Waals surface area contributed by atoms with Crippen LogP contribution < -0.4 is 0 Å². The van der Waals surface area contributed by atoms with Crippen molar-refractivity contribution in [3.8, 4) is 0 Å². The highest BCUT2D eigenvalue weighted by molar-refractivity contribution is 5.05. The van der Waals surface area contributed by atoms with E-state index < -0.39 is 29.3 Å². The molecule has 0 saturated carbocycles. The highest BCUT2D eigenvalue weighted by atomic mass is 19.3. The lowest BCUT2D eigenvalue weighted by Crippen LogP contribution is -2.61. The van der Waals surface area contributed by atoms with Gasteiger partial charge in [0.2, 0.25) is 0 Å². The highest BCUT2D eigenvalue weighted by Gasteiger charge is 2.72. The van der Waals surface area contributed by atoms with E-state index in [1.165, 1.54) is 13.8 Å². The Morgan fingerprint density at radius 3 is 1.24 bits per heavy atom. The monoisotopic (exact) mass is 260 g/mol. The standard InChI is InChI=1S/C12H21F5/c1-6-9(4,7-2)11(14,15)12(16,17)10(5,13)8-3/h6-8H2,1-5H3. The maximum atomic E-state index is 13.9. The number of halogens is 5. The van der Waals surface area contributed by atoms with Crippen LogP contribution in [0.2, 0.25) is 0 Å². The summed E-state index contributed by atoms with van der Waals surface area (Å²) in [6.45, 7) is 5.57. The second-order valence-electron chi connectivity index (χ2n) is 4.97. The third-order valence-electron chi connectivity index (χ3n) is 4.03. The van der Waals surface area contributed by atoms with Crippen molar-refractivity contribution in [3.63, 3.8) is 0 Å². The maximum Gasteiger partial charge on any atom is 0.343 e. The van der Waals surface area contributed by atoms with Crippen molar-refractivity contribution < 1.29 is 22.0 Å². The summed E-state index contributed by atoms with van der Waals surface area (Å²) in [6.07, 6.45) is -0.920. The Labute approximate surface area is 99.6 Å². The second kappa shape index (κ2) is 4.73. The van der Waals surface area contributed by atoms with E-state index in [1.54, 1.807) is 0 Å². The Hall–Kier alpha value is -0.350. The lowest BCUT2D eigenvalue weighted by atomic mass is 9.72. The van der Waals surface area contributed by atoms with Gasteiger partial charge in [-0.15, -0.1) is 0 Å². The van der Waals surface area contributed by atoms with Crippen LogP contribution in [0.5, 0.6) is 0 Å². The van der Waals surface area contributed by atoms with Crippen molar-refractivity contribution in [2.24, 2.45) is 5.41 Å². The van der Waals surface area contributed by atoms with Crippen molar-refractivity contribution in [2.45, 2.75) is 71.4 Å². The molecule has 0 aromatic rings. The topological polar surface area (TPSA) is 0 Å². The number of rotatable bonds is 6. The van der Waals surface area contributed by atoms with Gasteiger partial charge in [-0.2, -0.15) is 17.6 Å². The van der Waals surface area contributed by atoms with Gasteiger partial charge in [0.05, 0.1) is 0 Å². The normalized spacial score (nSPS) is 18.0.